The van der Waals surface area contributed by atoms with Crippen LogP contribution in [-0.2, 0) is 9.53 Å². The number of hydrogen-bond acceptors (Lipinski definition) is 5. The van der Waals surface area contributed by atoms with Crippen LogP contribution in [0.25, 0.3) is 10.6 Å². The van der Waals surface area contributed by atoms with Gasteiger partial charge in [0.05, 0.1) is 12.8 Å². The lowest BCUT2D eigenvalue weighted by Crippen LogP contribution is -2.24. The van der Waals surface area contributed by atoms with E-state index < -0.39 is 0 Å². The molecule has 0 aliphatic rings. The highest BCUT2D eigenvalue weighted by molar-refractivity contribution is 7.17. The number of benzene rings is 1. The summed E-state index contributed by atoms with van der Waals surface area (Å²) in [5, 5.41) is 3.57. The van der Waals surface area contributed by atoms with E-state index in [0.717, 1.165) is 24.8 Å². The highest BCUT2D eigenvalue weighted by Gasteiger charge is 2.15. The number of methoxy groups -OCH3 is 1. The summed E-state index contributed by atoms with van der Waals surface area (Å²) in [6.07, 6.45) is 2.79. The molecule has 1 heterocycles. The van der Waals surface area contributed by atoms with Gasteiger partial charge in [-0.05, 0) is 44.0 Å². The Morgan fingerprint density at radius 3 is 2.60 bits per heavy atom. The lowest BCUT2D eigenvalue weighted by atomic mass is 10.2. The van der Waals surface area contributed by atoms with Crippen LogP contribution in [0.2, 0.25) is 0 Å². The van der Waals surface area contributed by atoms with Crippen molar-refractivity contribution in [2.45, 2.75) is 32.6 Å². The first-order chi connectivity index (χ1) is 12.0. The minimum Gasteiger partial charge on any atom is -0.469 e. The van der Waals surface area contributed by atoms with Crippen molar-refractivity contribution < 1.29 is 18.7 Å². The zero-order valence-corrected chi connectivity index (χ0v) is 15.1. The Hall–Kier alpha value is -2.28. The van der Waals surface area contributed by atoms with Crippen LogP contribution in [0.1, 0.15) is 41.0 Å². The van der Waals surface area contributed by atoms with Crippen molar-refractivity contribution in [2.75, 3.05) is 13.7 Å². The van der Waals surface area contributed by atoms with Gasteiger partial charge in [-0.25, -0.2) is 9.37 Å². The summed E-state index contributed by atoms with van der Waals surface area (Å²) in [4.78, 5) is 28.2. The fourth-order valence-corrected chi connectivity index (χ4v) is 3.27. The van der Waals surface area contributed by atoms with Gasteiger partial charge in [-0.2, -0.15) is 0 Å². The summed E-state index contributed by atoms with van der Waals surface area (Å²) >= 11 is 1.29. The summed E-state index contributed by atoms with van der Waals surface area (Å²) < 4.78 is 17.6. The maximum Gasteiger partial charge on any atom is 0.305 e. The van der Waals surface area contributed by atoms with E-state index in [1.165, 1.54) is 30.6 Å². The van der Waals surface area contributed by atoms with Crippen molar-refractivity contribution in [3.05, 3.63) is 40.7 Å². The molecule has 0 saturated heterocycles. The molecule has 1 amide bonds. The van der Waals surface area contributed by atoms with Gasteiger partial charge in [0.25, 0.3) is 5.91 Å². The molecule has 0 aliphatic heterocycles. The van der Waals surface area contributed by atoms with Gasteiger partial charge in [0.1, 0.15) is 15.7 Å². The third-order valence-electron chi connectivity index (χ3n) is 3.66. The van der Waals surface area contributed by atoms with Crippen LogP contribution < -0.4 is 5.32 Å². The number of esters is 1. The van der Waals surface area contributed by atoms with Gasteiger partial charge < -0.3 is 10.1 Å². The van der Waals surface area contributed by atoms with Crippen molar-refractivity contribution in [2.24, 2.45) is 0 Å². The molecule has 1 N–H and O–H groups in total. The smallest absolute Gasteiger partial charge is 0.305 e. The first-order valence-corrected chi connectivity index (χ1v) is 8.91. The number of aryl methyl sites for hydroxylation is 1. The number of ether oxygens (including phenoxy) is 1. The van der Waals surface area contributed by atoms with E-state index in [1.54, 1.807) is 19.1 Å². The van der Waals surface area contributed by atoms with E-state index in [1.807, 2.05) is 0 Å². The number of carbonyl (C=O) groups excluding carboxylic acids is 2. The highest BCUT2D eigenvalue weighted by Crippen LogP contribution is 2.28. The predicted molar refractivity (Wildman–Crippen MR) is 95.1 cm³/mol. The Kier molecular flexibility index (Phi) is 7.06. The third kappa shape index (κ3) is 5.63. The number of nitrogens with zero attached hydrogens (tertiary/aromatic N) is 1. The van der Waals surface area contributed by atoms with Crippen LogP contribution in [-0.4, -0.2) is 30.5 Å². The second kappa shape index (κ2) is 9.27. The fraction of sp³-hybridized carbons (Fsp3) is 0.389. The third-order valence-corrected chi connectivity index (χ3v) is 4.87. The molecule has 1 aromatic carbocycles. The number of halogens is 1. The van der Waals surface area contributed by atoms with Gasteiger partial charge in [0.2, 0.25) is 0 Å². The van der Waals surface area contributed by atoms with Crippen LogP contribution in [0, 0.1) is 12.7 Å². The molecule has 0 saturated carbocycles. The molecule has 0 spiro atoms. The van der Waals surface area contributed by atoms with Crippen molar-refractivity contribution in [3.63, 3.8) is 0 Å². The van der Waals surface area contributed by atoms with Gasteiger partial charge in [-0.15, -0.1) is 11.3 Å². The lowest BCUT2D eigenvalue weighted by molar-refractivity contribution is -0.140. The van der Waals surface area contributed by atoms with E-state index in [2.05, 4.69) is 15.0 Å². The number of rotatable bonds is 8. The number of hydrogen-bond donors (Lipinski definition) is 1. The quantitative estimate of drug-likeness (QED) is 0.573. The lowest BCUT2D eigenvalue weighted by Gasteiger charge is -2.04. The van der Waals surface area contributed by atoms with E-state index in [0.29, 0.717) is 28.5 Å². The van der Waals surface area contributed by atoms with E-state index >= 15 is 0 Å². The molecule has 0 radical (unpaired) electrons. The molecule has 25 heavy (non-hydrogen) atoms. The van der Waals surface area contributed by atoms with Crippen molar-refractivity contribution in [3.8, 4) is 10.6 Å². The topological polar surface area (TPSA) is 68.3 Å². The number of thiazole rings is 1. The first kappa shape index (κ1) is 19.1. The molecule has 5 nitrogen and oxygen atoms in total. The van der Waals surface area contributed by atoms with Crippen LogP contribution in [0.5, 0.6) is 0 Å². The monoisotopic (exact) mass is 364 g/mol. The molecular formula is C18H21FN2O3S. The second-order valence-corrected chi connectivity index (χ2v) is 6.58. The summed E-state index contributed by atoms with van der Waals surface area (Å²) in [6.45, 7) is 2.33. The van der Waals surface area contributed by atoms with Gasteiger partial charge in [0, 0.05) is 18.5 Å². The number of aromatic nitrogens is 1. The average Bonchev–Trinajstić information content (AvgIpc) is 3.00. The maximum atomic E-state index is 13.0. The van der Waals surface area contributed by atoms with E-state index in [4.69, 9.17) is 0 Å². The van der Waals surface area contributed by atoms with E-state index in [9.17, 15) is 14.0 Å². The summed E-state index contributed by atoms with van der Waals surface area (Å²) in [6, 6.07) is 6.05. The molecule has 0 unspecified atom stereocenters. The van der Waals surface area contributed by atoms with Gasteiger partial charge in [-0.3, -0.25) is 9.59 Å². The zero-order valence-electron chi connectivity index (χ0n) is 14.3. The molecule has 2 aromatic rings. The van der Waals surface area contributed by atoms with Crippen LogP contribution in [0.4, 0.5) is 4.39 Å². The summed E-state index contributed by atoms with van der Waals surface area (Å²) in [5.74, 6) is -0.670. The Morgan fingerprint density at radius 2 is 1.92 bits per heavy atom. The zero-order chi connectivity index (χ0) is 18.2. The molecular weight excluding hydrogens is 343 g/mol. The molecule has 0 fully saturated rings. The predicted octanol–water partition coefficient (Wildman–Crippen LogP) is 3.72. The Bertz CT molecular complexity index is 728. The molecule has 1 aromatic heterocycles. The average molecular weight is 364 g/mol. The molecule has 134 valence electrons. The first-order valence-electron chi connectivity index (χ1n) is 8.09. The number of unbranched alkanes of at least 4 members (excludes halogenated alkanes) is 2. The summed E-state index contributed by atoms with van der Waals surface area (Å²) in [5.41, 5.74) is 1.45. The second-order valence-electron chi connectivity index (χ2n) is 5.58. The fourth-order valence-electron chi connectivity index (χ4n) is 2.28. The Morgan fingerprint density at radius 1 is 1.20 bits per heavy atom. The molecule has 0 bridgehead atoms. The largest absolute Gasteiger partial charge is 0.469 e. The minimum absolute atomic E-state index is 0.156. The number of nitrogens with one attached hydrogen (secondary N) is 1. The standard InChI is InChI=1S/C18H21FN2O3S/c1-12-16(17(23)20-11-5-3-4-6-15(22)24-2)25-18(21-12)13-7-9-14(19)10-8-13/h7-10H,3-6,11H2,1-2H3,(H,20,23). The van der Waals surface area contributed by atoms with Gasteiger partial charge >= 0.3 is 5.97 Å². The van der Waals surface area contributed by atoms with Gasteiger partial charge in [-0.1, -0.05) is 6.42 Å². The summed E-state index contributed by atoms with van der Waals surface area (Å²) in [7, 11) is 1.38. The Balaban J connectivity index is 1.84. The van der Waals surface area contributed by atoms with Crippen LogP contribution in [0.15, 0.2) is 24.3 Å². The molecule has 0 aliphatic carbocycles. The normalized spacial score (nSPS) is 10.5. The molecule has 2 rings (SSSR count). The van der Waals surface area contributed by atoms with Crippen LogP contribution >= 0.6 is 11.3 Å². The van der Waals surface area contributed by atoms with Crippen molar-refractivity contribution in [1.82, 2.24) is 10.3 Å². The molecule has 0 atom stereocenters. The van der Waals surface area contributed by atoms with Crippen molar-refractivity contribution >= 4 is 23.2 Å². The number of carbonyl (C=O) groups is 2. The SMILES string of the molecule is COC(=O)CCCCCNC(=O)c1sc(-c2ccc(F)cc2)nc1C. The van der Waals surface area contributed by atoms with E-state index in [-0.39, 0.29) is 17.7 Å². The minimum atomic E-state index is -0.304. The van der Waals surface area contributed by atoms with Crippen molar-refractivity contribution in [1.29, 1.82) is 0 Å². The highest BCUT2D eigenvalue weighted by atomic mass is 32.1. The van der Waals surface area contributed by atoms with Gasteiger partial charge in [0.15, 0.2) is 0 Å². The maximum absolute atomic E-state index is 13.0. The Labute approximate surface area is 150 Å². The molecule has 7 heteroatoms. The van der Waals surface area contributed by atoms with Crippen LogP contribution in [0.3, 0.4) is 0 Å². The number of amides is 1.